The van der Waals surface area contributed by atoms with Gasteiger partial charge in [-0.1, -0.05) is 18.2 Å². The molecule has 1 rings (SSSR count). The van der Waals surface area contributed by atoms with Crippen LogP contribution in [0.2, 0.25) is 0 Å². The minimum Gasteiger partial charge on any atom is -0.365 e. The lowest BCUT2D eigenvalue weighted by atomic mass is 10.2. The molecule has 62 valence electrons. The maximum Gasteiger partial charge on any atom is 0.118 e. The van der Waals surface area contributed by atoms with Crippen molar-refractivity contribution in [3.63, 3.8) is 0 Å². The molecule has 2 nitrogen and oxygen atoms in total. The molecule has 1 N–H and O–H groups in total. The summed E-state index contributed by atoms with van der Waals surface area (Å²) in [6.45, 7) is 2.54. The minimum absolute atomic E-state index is 0.494. The predicted octanol–water partition coefficient (Wildman–Crippen LogP) is 2.47. The van der Waals surface area contributed by atoms with Gasteiger partial charge in [-0.25, -0.2) is 4.99 Å². The molecule has 0 radical (unpaired) electrons. The van der Waals surface area contributed by atoms with Crippen LogP contribution >= 0.6 is 12.2 Å². The van der Waals surface area contributed by atoms with Gasteiger partial charge in [0.25, 0.3) is 0 Å². The zero-order valence-corrected chi connectivity index (χ0v) is 7.69. The Morgan fingerprint density at radius 3 is 2.92 bits per heavy atom. The first-order chi connectivity index (χ1) is 5.84. The second kappa shape index (κ2) is 4.65. The summed E-state index contributed by atoms with van der Waals surface area (Å²) in [6, 6.07) is 8.04. The molecule has 0 spiro atoms. The number of hydrogen-bond donors (Lipinski definition) is 1. The van der Waals surface area contributed by atoms with Gasteiger partial charge in [-0.05, 0) is 30.8 Å². The molecule has 0 atom stereocenters. The lowest BCUT2D eigenvalue weighted by Gasteiger charge is -2.04. The first-order valence-electron chi connectivity index (χ1n) is 3.67. The average molecular weight is 178 g/mol. The molecule has 0 fully saturated rings. The minimum atomic E-state index is 0.494. The normalized spacial score (nSPS) is 8.75. The van der Waals surface area contributed by atoms with Crippen LogP contribution in [0.25, 0.3) is 0 Å². The van der Waals surface area contributed by atoms with Crippen molar-refractivity contribution in [3.05, 3.63) is 29.8 Å². The SMILES string of the molecule is Cc1ccccc1NCN=C=S. The van der Waals surface area contributed by atoms with Crippen LogP contribution in [-0.4, -0.2) is 11.8 Å². The van der Waals surface area contributed by atoms with E-state index in [1.165, 1.54) is 5.56 Å². The van der Waals surface area contributed by atoms with Crippen molar-refractivity contribution in [2.75, 3.05) is 12.0 Å². The summed E-state index contributed by atoms with van der Waals surface area (Å²) < 4.78 is 0. The first kappa shape index (κ1) is 8.91. The van der Waals surface area contributed by atoms with Gasteiger partial charge in [-0.15, -0.1) is 0 Å². The van der Waals surface area contributed by atoms with Crippen molar-refractivity contribution in [1.29, 1.82) is 0 Å². The smallest absolute Gasteiger partial charge is 0.118 e. The van der Waals surface area contributed by atoms with Crippen molar-refractivity contribution in [2.24, 2.45) is 4.99 Å². The molecule has 0 aromatic heterocycles. The highest BCUT2D eigenvalue weighted by Crippen LogP contribution is 2.12. The van der Waals surface area contributed by atoms with Crippen LogP contribution in [0.5, 0.6) is 0 Å². The van der Waals surface area contributed by atoms with E-state index in [2.05, 4.69) is 27.7 Å². The van der Waals surface area contributed by atoms with Crippen LogP contribution in [0.15, 0.2) is 29.3 Å². The summed E-state index contributed by atoms with van der Waals surface area (Å²) in [4.78, 5) is 3.76. The van der Waals surface area contributed by atoms with Crippen molar-refractivity contribution in [1.82, 2.24) is 0 Å². The average Bonchev–Trinajstić information content (AvgIpc) is 2.09. The van der Waals surface area contributed by atoms with Gasteiger partial charge in [0.15, 0.2) is 0 Å². The molecule has 3 heteroatoms. The third kappa shape index (κ3) is 2.46. The number of benzene rings is 1. The van der Waals surface area contributed by atoms with Gasteiger partial charge in [0.2, 0.25) is 0 Å². The summed E-state index contributed by atoms with van der Waals surface area (Å²) in [5.41, 5.74) is 2.29. The highest BCUT2D eigenvalue weighted by molar-refractivity contribution is 7.78. The van der Waals surface area contributed by atoms with E-state index in [1.807, 2.05) is 31.2 Å². The lowest BCUT2D eigenvalue weighted by molar-refractivity contribution is 1.15. The van der Waals surface area contributed by atoms with E-state index in [9.17, 15) is 0 Å². The van der Waals surface area contributed by atoms with Gasteiger partial charge in [-0.3, -0.25) is 0 Å². The molecule has 12 heavy (non-hydrogen) atoms. The van der Waals surface area contributed by atoms with E-state index in [0.717, 1.165) is 5.69 Å². The van der Waals surface area contributed by atoms with Gasteiger partial charge in [0.1, 0.15) is 6.67 Å². The Morgan fingerprint density at radius 2 is 2.25 bits per heavy atom. The molecule has 1 aromatic carbocycles. The van der Waals surface area contributed by atoms with Gasteiger partial charge >= 0.3 is 0 Å². The number of para-hydroxylation sites is 1. The van der Waals surface area contributed by atoms with Gasteiger partial charge in [0.05, 0.1) is 5.16 Å². The first-order valence-corrected chi connectivity index (χ1v) is 4.08. The molecule has 0 aliphatic carbocycles. The van der Waals surface area contributed by atoms with Crippen molar-refractivity contribution < 1.29 is 0 Å². The Kier molecular flexibility index (Phi) is 3.45. The molecule has 0 amide bonds. The zero-order chi connectivity index (χ0) is 8.81. The van der Waals surface area contributed by atoms with E-state index in [1.54, 1.807) is 0 Å². The fraction of sp³-hybridized carbons (Fsp3) is 0.222. The van der Waals surface area contributed by atoms with Gasteiger partial charge in [-0.2, -0.15) is 0 Å². The monoisotopic (exact) mass is 178 g/mol. The van der Waals surface area contributed by atoms with E-state index < -0.39 is 0 Å². The molecule has 0 aliphatic heterocycles. The Hall–Kier alpha value is -1.18. The number of thiocarbonyl (C=S) groups is 1. The fourth-order valence-corrected chi connectivity index (χ4v) is 0.993. The van der Waals surface area contributed by atoms with Crippen LogP contribution in [0.4, 0.5) is 5.69 Å². The molecule has 0 saturated heterocycles. The maximum atomic E-state index is 4.44. The van der Waals surface area contributed by atoms with Crippen LogP contribution < -0.4 is 5.32 Å². The van der Waals surface area contributed by atoms with Crippen molar-refractivity contribution in [2.45, 2.75) is 6.92 Å². The third-order valence-electron chi connectivity index (χ3n) is 1.56. The lowest BCUT2D eigenvalue weighted by Crippen LogP contribution is -1.99. The Morgan fingerprint density at radius 1 is 1.50 bits per heavy atom. The Balaban J connectivity index is 2.62. The number of aliphatic imine (C=N–C) groups is 1. The molecule has 1 aromatic rings. The summed E-state index contributed by atoms with van der Waals surface area (Å²) in [5.74, 6) is 0. The maximum absolute atomic E-state index is 4.44. The molecule has 0 heterocycles. The Labute approximate surface area is 77.3 Å². The standard InChI is InChI=1S/C9H10N2S/c1-8-4-2-3-5-9(8)11-6-10-7-12/h2-5,11H,6H2,1H3. The topological polar surface area (TPSA) is 24.4 Å². The summed E-state index contributed by atoms with van der Waals surface area (Å²) >= 11 is 4.44. The molecule has 0 unspecified atom stereocenters. The fourth-order valence-electron chi connectivity index (χ4n) is 0.928. The quantitative estimate of drug-likeness (QED) is 0.568. The highest BCUT2D eigenvalue weighted by Gasteiger charge is 1.92. The van der Waals surface area contributed by atoms with E-state index in [4.69, 9.17) is 0 Å². The number of isothiocyanates is 1. The second-order valence-corrected chi connectivity index (χ2v) is 2.58. The number of rotatable bonds is 3. The zero-order valence-electron chi connectivity index (χ0n) is 6.87. The molecular formula is C9H10N2S. The van der Waals surface area contributed by atoms with Crippen LogP contribution in [-0.2, 0) is 0 Å². The number of hydrogen-bond acceptors (Lipinski definition) is 3. The van der Waals surface area contributed by atoms with Crippen LogP contribution in [0.3, 0.4) is 0 Å². The highest BCUT2D eigenvalue weighted by atomic mass is 32.1. The largest absolute Gasteiger partial charge is 0.365 e. The summed E-state index contributed by atoms with van der Waals surface area (Å²) in [5, 5.41) is 5.42. The number of aryl methyl sites for hydroxylation is 1. The van der Waals surface area contributed by atoms with Crippen molar-refractivity contribution in [3.8, 4) is 0 Å². The Bertz CT molecular complexity index is 303. The number of nitrogens with zero attached hydrogens (tertiary/aromatic N) is 1. The van der Waals surface area contributed by atoms with E-state index >= 15 is 0 Å². The molecule has 0 saturated carbocycles. The predicted molar refractivity (Wildman–Crippen MR) is 54.7 cm³/mol. The number of anilines is 1. The van der Waals surface area contributed by atoms with Crippen LogP contribution in [0.1, 0.15) is 5.56 Å². The molecular weight excluding hydrogens is 168 g/mol. The third-order valence-corrected chi connectivity index (χ3v) is 1.69. The summed E-state index contributed by atoms with van der Waals surface area (Å²) in [6.07, 6.45) is 0. The van der Waals surface area contributed by atoms with Crippen molar-refractivity contribution >= 4 is 23.1 Å². The van der Waals surface area contributed by atoms with E-state index in [0.29, 0.717) is 6.67 Å². The molecule has 0 aliphatic rings. The second-order valence-electron chi connectivity index (χ2n) is 2.40. The van der Waals surface area contributed by atoms with Gasteiger partial charge in [0, 0.05) is 5.69 Å². The van der Waals surface area contributed by atoms with E-state index in [-0.39, 0.29) is 0 Å². The molecule has 0 bridgehead atoms. The number of nitrogens with one attached hydrogen (secondary N) is 1. The van der Waals surface area contributed by atoms with Crippen LogP contribution in [0, 0.1) is 6.92 Å². The van der Waals surface area contributed by atoms with Gasteiger partial charge < -0.3 is 5.32 Å². The summed E-state index contributed by atoms with van der Waals surface area (Å²) in [7, 11) is 0.